The zero-order valence-electron chi connectivity index (χ0n) is 16.8. The van der Waals surface area contributed by atoms with Crippen LogP contribution in [0.1, 0.15) is 29.5 Å². The highest BCUT2D eigenvalue weighted by molar-refractivity contribution is 6.32. The summed E-state index contributed by atoms with van der Waals surface area (Å²) in [6, 6.07) is 2.22. The number of aryl methyl sites for hydroxylation is 2. The molecule has 2 heterocycles. The standard InChI is InChI=1S/C19H19Cl2F3N6O2/c1-10-4-5-12(19(22,23)24)11(13(10)20)8-26-18(31)32-7-3-2-6-30-9-27-14-15(25)28-17(21)29-16(14)30/h4-5,9H,2-3,6-8H2,1H3,(H,26,31)(H2,25,28,29). The molecule has 3 aromatic rings. The van der Waals surface area contributed by atoms with Gasteiger partial charge in [0.25, 0.3) is 0 Å². The number of alkyl carbamates (subject to hydrolysis) is 1. The number of unbranched alkanes of at least 4 members (excludes halogenated alkanes) is 1. The van der Waals surface area contributed by atoms with Crippen molar-refractivity contribution in [3.05, 3.63) is 45.5 Å². The van der Waals surface area contributed by atoms with Crippen molar-refractivity contribution in [3.63, 3.8) is 0 Å². The van der Waals surface area contributed by atoms with Crippen LogP contribution in [0.2, 0.25) is 10.3 Å². The second kappa shape index (κ2) is 9.78. The Morgan fingerprint density at radius 2 is 2.00 bits per heavy atom. The SMILES string of the molecule is Cc1ccc(C(F)(F)F)c(CNC(=O)OCCCCn2cnc3c(N)nc(Cl)nc32)c1Cl. The molecule has 0 unspecified atom stereocenters. The lowest BCUT2D eigenvalue weighted by Crippen LogP contribution is -2.26. The van der Waals surface area contributed by atoms with Crippen LogP contribution in [-0.2, 0) is 24.0 Å². The first-order chi connectivity index (χ1) is 15.1. The van der Waals surface area contributed by atoms with E-state index in [-0.39, 0.29) is 28.3 Å². The topological polar surface area (TPSA) is 108 Å². The third-order valence-corrected chi connectivity index (χ3v) is 5.34. The van der Waals surface area contributed by atoms with Crippen molar-refractivity contribution >= 4 is 46.3 Å². The number of nitrogens with zero attached hydrogens (tertiary/aromatic N) is 4. The summed E-state index contributed by atoms with van der Waals surface area (Å²) in [4.78, 5) is 24.0. The van der Waals surface area contributed by atoms with Crippen LogP contribution in [0.3, 0.4) is 0 Å². The number of nitrogens with two attached hydrogens (primary N) is 1. The molecule has 3 rings (SSSR count). The fraction of sp³-hybridized carbons (Fsp3) is 0.368. The monoisotopic (exact) mass is 490 g/mol. The molecule has 0 aliphatic carbocycles. The van der Waals surface area contributed by atoms with Gasteiger partial charge in [-0.3, -0.25) is 0 Å². The third kappa shape index (κ3) is 5.52. The van der Waals surface area contributed by atoms with E-state index in [2.05, 4.69) is 20.3 Å². The number of benzene rings is 1. The number of aromatic nitrogens is 4. The number of hydrogen-bond acceptors (Lipinski definition) is 6. The number of ether oxygens (including phenoxy) is 1. The van der Waals surface area contributed by atoms with Gasteiger partial charge in [0.15, 0.2) is 11.5 Å². The van der Waals surface area contributed by atoms with Crippen LogP contribution in [-0.4, -0.2) is 32.2 Å². The largest absolute Gasteiger partial charge is 0.450 e. The average Bonchev–Trinajstić information content (AvgIpc) is 3.11. The molecule has 32 heavy (non-hydrogen) atoms. The van der Waals surface area contributed by atoms with E-state index in [4.69, 9.17) is 33.7 Å². The zero-order chi connectivity index (χ0) is 23.5. The third-order valence-electron chi connectivity index (χ3n) is 4.64. The second-order valence-corrected chi connectivity index (χ2v) is 7.62. The molecule has 3 N–H and O–H groups in total. The maximum absolute atomic E-state index is 13.2. The van der Waals surface area contributed by atoms with Crippen LogP contribution in [0.25, 0.3) is 11.2 Å². The van der Waals surface area contributed by atoms with Gasteiger partial charge in [-0.05, 0) is 43.0 Å². The van der Waals surface area contributed by atoms with E-state index < -0.39 is 24.4 Å². The molecule has 0 saturated carbocycles. The first kappa shape index (κ1) is 23.9. The van der Waals surface area contributed by atoms with Crippen molar-refractivity contribution in [2.75, 3.05) is 12.3 Å². The molecule has 1 amide bonds. The zero-order valence-corrected chi connectivity index (χ0v) is 18.4. The molecule has 0 saturated heterocycles. The van der Waals surface area contributed by atoms with E-state index >= 15 is 0 Å². The summed E-state index contributed by atoms with van der Waals surface area (Å²) in [5, 5.41) is 2.28. The number of alkyl halides is 3. The Kier molecular flexibility index (Phi) is 7.29. The van der Waals surface area contributed by atoms with Crippen molar-refractivity contribution < 1.29 is 22.7 Å². The minimum atomic E-state index is -4.59. The molecule has 1 aromatic carbocycles. The van der Waals surface area contributed by atoms with Gasteiger partial charge in [-0.2, -0.15) is 23.1 Å². The summed E-state index contributed by atoms with van der Waals surface area (Å²) in [5.74, 6) is 0.182. The predicted octanol–water partition coefficient (Wildman–Crippen LogP) is 4.75. The summed E-state index contributed by atoms with van der Waals surface area (Å²) in [6.45, 7) is 1.77. The number of amides is 1. The van der Waals surface area contributed by atoms with Crippen LogP contribution >= 0.6 is 23.2 Å². The van der Waals surface area contributed by atoms with Crippen molar-refractivity contribution in [2.24, 2.45) is 0 Å². The number of nitrogen functional groups attached to an aromatic ring is 1. The smallest absolute Gasteiger partial charge is 0.416 e. The number of rotatable bonds is 7. The number of hydrogen-bond donors (Lipinski definition) is 2. The lowest BCUT2D eigenvalue weighted by atomic mass is 10.0. The number of nitrogens with one attached hydrogen (secondary N) is 1. The Balaban J connectivity index is 1.47. The number of fused-ring (bicyclic) bond motifs is 1. The van der Waals surface area contributed by atoms with E-state index in [0.29, 0.717) is 36.1 Å². The highest BCUT2D eigenvalue weighted by Crippen LogP contribution is 2.36. The number of anilines is 1. The van der Waals surface area contributed by atoms with Gasteiger partial charge in [-0.1, -0.05) is 17.7 Å². The molecule has 0 radical (unpaired) electrons. The predicted molar refractivity (Wildman–Crippen MR) is 113 cm³/mol. The molecule has 0 spiro atoms. The van der Waals surface area contributed by atoms with E-state index in [0.717, 1.165) is 6.07 Å². The molecule has 172 valence electrons. The fourth-order valence-electron chi connectivity index (χ4n) is 3.04. The van der Waals surface area contributed by atoms with Crippen molar-refractivity contribution in [1.29, 1.82) is 0 Å². The van der Waals surface area contributed by atoms with E-state index in [1.165, 1.54) is 6.07 Å². The lowest BCUT2D eigenvalue weighted by molar-refractivity contribution is -0.138. The van der Waals surface area contributed by atoms with Gasteiger partial charge in [0.05, 0.1) is 18.5 Å². The average molecular weight is 491 g/mol. The summed E-state index contributed by atoms with van der Waals surface area (Å²) >= 11 is 11.8. The van der Waals surface area contributed by atoms with Crippen molar-refractivity contribution in [3.8, 4) is 0 Å². The van der Waals surface area contributed by atoms with E-state index in [1.54, 1.807) is 17.8 Å². The Labute approximate surface area is 190 Å². The first-order valence-electron chi connectivity index (χ1n) is 9.47. The van der Waals surface area contributed by atoms with E-state index in [1.807, 2.05) is 0 Å². The second-order valence-electron chi connectivity index (χ2n) is 6.90. The maximum atomic E-state index is 13.2. The highest BCUT2D eigenvalue weighted by Gasteiger charge is 2.34. The Hall–Kier alpha value is -2.79. The summed E-state index contributed by atoms with van der Waals surface area (Å²) in [7, 11) is 0. The van der Waals surface area contributed by atoms with Crippen LogP contribution in [0.15, 0.2) is 18.5 Å². The molecule has 0 atom stereocenters. The van der Waals surface area contributed by atoms with Gasteiger partial charge in [-0.25, -0.2) is 9.78 Å². The highest BCUT2D eigenvalue weighted by atomic mass is 35.5. The molecule has 0 bridgehead atoms. The molecule has 8 nitrogen and oxygen atoms in total. The molecule has 13 heteroatoms. The molecule has 0 aliphatic heterocycles. The quantitative estimate of drug-likeness (QED) is 0.365. The van der Waals surface area contributed by atoms with E-state index in [9.17, 15) is 18.0 Å². The van der Waals surface area contributed by atoms with Gasteiger partial charge in [0.1, 0.15) is 5.52 Å². The van der Waals surface area contributed by atoms with Crippen LogP contribution in [0, 0.1) is 6.92 Å². The number of halogens is 5. The number of carbonyl (C=O) groups excluding carboxylic acids is 1. The van der Waals surface area contributed by atoms with Crippen LogP contribution < -0.4 is 11.1 Å². The number of imidazole rings is 1. The summed E-state index contributed by atoms with van der Waals surface area (Å²) < 4.78 is 46.4. The minimum Gasteiger partial charge on any atom is -0.450 e. The maximum Gasteiger partial charge on any atom is 0.416 e. The molecule has 2 aromatic heterocycles. The van der Waals surface area contributed by atoms with Gasteiger partial charge in [0, 0.05) is 23.7 Å². The number of carbonyl (C=O) groups is 1. The van der Waals surface area contributed by atoms with Crippen molar-refractivity contribution in [2.45, 2.75) is 39.0 Å². The van der Waals surface area contributed by atoms with Gasteiger partial charge in [0.2, 0.25) is 5.28 Å². The van der Waals surface area contributed by atoms with Gasteiger partial charge < -0.3 is 20.4 Å². The Morgan fingerprint density at radius 3 is 2.72 bits per heavy atom. The normalized spacial score (nSPS) is 11.7. The molecule has 0 aliphatic rings. The van der Waals surface area contributed by atoms with Crippen LogP contribution in [0.5, 0.6) is 0 Å². The first-order valence-corrected chi connectivity index (χ1v) is 10.2. The molecular formula is C19H19Cl2F3N6O2. The Morgan fingerprint density at radius 1 is 1.25 bits per heavy atom. The minimum absolute atomic E-state index is 0.0131. The Bertz CT molecular complexity index is 1140. The van der Waals surface area contributed by atoms with Crippen molar-refractivity contribution in [1.82, 2.24) is 24.8 Å². The van der Waals surface area contributed by atoms with Crippen LogP contribution in [0.4, 0.5) is 23.8 Å². The lowest BCUT2D eigenvalue weighted by Gasteiger charge is -2.16. The molecule has 0 fully saturated rings. The summed E-state index contributed by atoms with van der Waals surface area (Å²) in [6.07, 6.45) is -2.75. The van der Waals surface area contributed by atoms with Gasteiger partial charge in [-0.15, -0.1) is 0 Å². The summed E-state index contributed by atoms with van der Waals surface area (Å²) in [5.41, 5.74) is 6.07. The fourth-order valence-corrected chi connectivity index (χ4v) is 3.44. The molecular weight excluding hydrogens is 472 g/mol. The van der Waals surface area contributed by atoms with Gasteiger partial charge >= 0.3 is 12.3 Å².